The van der Waals surface area contributed by atoms with Gasteiger partial charge in [0, 0.05) is 6.54 Å². The van der Waals surface area contributed by atoms with Crippen molar-refractivity contribution in [2.75, 3.05) is 6.54 Å². The molecule has 1 saturated heterocycles. The second-order valence-electron chi connectivity index (χ2n) is 5.63. The molecule has 1 heterocycles. The quantitative estimate of drug-likeness (QED) is 0.881. The van der Waals surface area contributed by atoms with E-state index in [4.69, 9.17) is 0 Å². The molecule has 1 aliphatic heterocycles. The van der Waals surface area contributed by atoms with Crippen molar-refractivity contribution in [1.29, 1.82) is 0 Å². The Kier molecular flexibility index (Phi) is 2.62. The summed E-state index contributed by atoms with van der Waals surface area (Å²) in [4.78, 5) is 25.6. The fraction of sp³-hybridized carbons (Fsp3) is 0.467. The van der Waals surface area contributed by atoms with Crippen LogP contribution in [0.5, 0.6) is 0 Å². The van der Waals surface area contributed by atoms with E-state index in [0.717, 1.165) is 18.4 Å². The molecular formula is C15H17NO3. The summed E-state index contributed by atoms with van der Waals surface area (Å²) >= 11 is 0. The van der Waals surface area contributed by atoms with E-state index in [2.05, 4.69) is 0 Å². The van der Waals surface area contributed by atoms with Crippen molar-refractivity contribution in [2.45, 2.75) is 37.6 Å². The highest BCUT2D eigenvalue weighted by atomic mass is 16.4. The van der Waals surface area contributed by atoms with Crippen LogP contribution in [-0.2, 0) is 16.0 Å². The van der Waals surface area contributed by atoms with Gasteiger partial charge in [-0.05, 0) is 37.3 Å². The summed E-state index contributed by atoms with van der Waals surface area (Å²) in [5.41, 5.74) is 1.24. The van der Waals surface area contributed by atoms with Crippen LogP contribution in [0.1, 0.15) is 36.8 Å². The van der Waals surface area contributed by atoms with Crippen molar-refractivity contribution in [3.05, 3.63) is 35.4 Å². The lowest BCUT2D eigenvalue weighted by Gasteiger charge is -2.37. The van der Waals surface area contributed by atoms with Crippen LogP contribution >= 0.6 is 0 Å². The standard InChI is InChI=1S/C15H17NO3/c1-15(14(18)19)7-4-8-16(15)13(17)12-9-10-5-2-3-6-11(10)12/h2-3,5-6,12H,4,7-9H2,1H3,(H,18,19). The number of aliphatic carboxylic acids is 1. The predicted molar refractivity (Wildman–Crippen MR) is 69.9 cm³/mol. The molecule has 100 valence electrons. The number of benzene rings is 1. The Bertz CT molecular complexity index is 554. The van der Waals surface area contributed by atoms with Gasteiger partial charge in [0.2, 0.25) is 5.91 Å². The monoisotopic (exact) mass is 259 g/mol. The number of hydrogen-bond acceptors (Lipinski definition) is 2. The SMILES string of the molecule is CC1(C(=O)O)CCCN1C(=O)C1Cc2ccccc21. The largest absolute Gasteiger partial charge is 0.480 e. The Hall–Kier alpha value is -1.84. The van der Waals surface area contributed by atoms with E-state index in [-0.39, 0.29) is 11.8 Å². The lowest BCUT2D eigenvalue weighted by atomic mass is 9.76. The van der Waals surface area contributed by atoms with Gasteiger partial charge in [0.1, 0.15) is 5.54 Å². The molecule has 2 atom stereocenters. The molecule has 4 heteroatoms. The molecule has 1 aliphatic carbocycles. The number of nitrogens with zero attached hydrogens (tertiary/aromatic N) is 1. The summed E-state index contributed by atoms with van der Waals surface area (Å²) in [6, 6.07) is 7.89. The first-order valence-corrected chi connectivity index (χ1v) is 6.67. The van der Waals surface area contributed by atoms with E-state index in [9.17, 15) is 14.7 Å². The lowest BCUT2D eigenvalue weighted by molar-refractivity contribution is -0.156. The number of carboxylic acids is 1. The smallest absolute Gasteiger partial charge is 0.329 e. The molecule has 0 spiro atoms. The molecule has 1 aromatic carbocycles. The molecule has 1 fully saturated rings. The molecule has 0 radical (unpaired) electrons. The van der Waals surface area contributed by atoms with Crippen LogP contribution in [0, 0.1) is 0 Å². The highest BCUT2D eigenvalue weighted by Gasteiger charge is 2.48. The van der Waals surface area contributed by atoms with Crippen LogP contribution < -0.4 is 0 Å². The maximum Gasteiger partial charge on any atom is 0.329 e. The second kappa shape index (κ2) is 4.08. The summed E-state index contributed by atoms with van der Waals surface area (Å²) in [7, 11) is 0. The molecule has 0 saturated carbocycles. The van der Waals surface area contributed by atoms with Crippen molar-refractivity contribution in [3.63, 3.8) is 0 Å². The van der Waals surface area contributed by atoms with Gasteiger partial charge in [-0.1, -0.05) is 24.3 Å². The van der Waals surface area contributed by atoms with E-state index in [0.29, 0.717) is 13.0 Å². The van der Waals surface area contributed by atoms with Crippen LogP contribution in [0.3, 0.4) is 0 Å². The molecule has 19 heavy (non-hydrogen) atoms. The number of likely N-dealkylation sites (tertiary alicyclic amines) is 1. The molecule has 1 amide bonds. The maximum atomic E-state index is 12.6. The molecule has 4 nitrogen and oxygen atoms in total. The minimum absolute atomic E-state index is 0.0268. The first kappa shape index (κ1) is 12.2. The summed E-state index contributed by atoms with van der Waals surface area (Å²) in [6.45, 7) is 2.21. The topological polar surface area (TPSA) is 57.6 Å². The fourth-order valence-electron chi connectivity index (χ4n) is 3.21. The van der Waals surface area contributed by atoms with E-state index in [1.54, 1.807) is 11.8 Å². The Morgan fingerprint density at radius 2 is 2.11 bits per heavy atom. The van der Waals surface area contributed by atoms with Gasteiger partial charge in [-0.25, -0.2) is 4.79 Å². The third-order valence-electron chi connectivity index (χ3n) is 4.52. The summed E-state index contributed by atoms with van der Waals surface area (Å²) in [5.74, 6) is -1.07. The van der Waals surface area contributed by atoms with Gasteiger partial charge in [-0.3, -0.25) is 4.79 Å². The highest BCUT2D eigenvalue weighted by Crippen LogP contribution is 2.40. The van der Waals surface area contributed by atoms with E-state index in [1.165, 1.54) is 5.56 Å². The average Bonchev–Trinajstić information content (AvgIpc) is 2.74. The Morgan fingerprint density at radius 3 is 2.79 bits per heavy atom. The van der Waals surface area contributed by atoms with Gasteiger partial charge >= 0.3 is 5.97 Å². The number of fused-ring (bicyclic) bond motifs is 1. The van der Waals surface area contributed by atoms with Crippen molar-refractivity contribution >= 4 is 11.9 Å². The zero-order valence-electron chi connectivity index (χ0n) is 10.9. The summed E-state index contributed by atoms with van der Waals surface area (Å²) in [5, 5.41) is 9.37. The molecule has 1 N–H and O–H groups in total. The van der Waals surface area contributed by atoms with Crippen molar-refractivity contribution < 1.29 is 14.7 Å². The first-order chi connectivity index (χ1) is 9.04. The number of amides is 1. The van der Waals surface area contributed by atoms with Gasteiger partial charge in [-0.2, -0.15) is 0 Å². The van der Waals surface area contributed by atoms with Gasteiger partial charge in [0.25, 0.3) is 0 Å². The van der Waals surface area contributed by atoms with Crippen LogP contribution in [0.4, 0.5) is 0 Å². The third kappa shape index (κ3) is 1.66. The van der Waals surface area contributed by atoms with Gasteiger partial charge in [0.15, 0.2) is 0 Å². The minimum atomic E-state index is -1.03. The van der Waals surface area contributed by atoms with Crippen molar-refractivity contribution in [3.8, 4) is 0 Å². The molecule has 0 aromatic heterocycles. The van der Waals surface area contributed by atoms with Crippen LogP contribution in [0.2, 0.25) is 0 Å². The molecule has 1 aromatic rings. The molecule has 2 unspecified atom stereocenters. The number of hydrogen-bond donors (Lipinski definition) is 1. The van der Waals surface area contributed by atoms with Crippen LogP contribution in [0.15, 0.2) is 24.3 Å². The van der Waals surface area contributed by atoms with E-state index in [1.807, 2.05) is 24.3 Å². The number of rotatable bonds is 2. The second-order valence-corrected chi connectivity index (χ2v) is 5.63. The summed E-state index contributed by atoms with van der Waals surface area (Å²) in [6.07, 6.45) is 2.05. The molecule has 3 rings (SSSR count). The number of carbonyl (C=O) groups excluding carboxylic acids is 1. The average molecular weight is 259 g/mol. The third-order valence-corrected chi connectivity index (χ3v) is 4.52. The predicted octanol–water partition coefficient (Wildman–Crippen LogP) is 1.79. The van der Waals surface area contributed by atoms with Crippen molar-refractivity contribution in [2.24, 2.45) is 0 Å². The Labute approximate surface area is 112 Å². The lowest BCUT2D eigenvalue weighted by Crippen LogP contribution is -2.53. The van der Waals surface area contributed by atoms with E-state index >= 15 is 0 Å². The normalized spacial score (nSPS) is 28.7. The van der Waals surface area contributed by atoms with Crippen molar-refractivity contribution in [1.82, 2.24) is 4.90 Å². The molecular weight excluding hydrogens is 242 g/mol. The van der Waals surface area contributed by atoms with Gasteiger partial charge in [0.05, 0.1) is 5.92 Å². The first-order valence-electron chi connectivity index (χ1n) is 6.67. The maximum absolute atomic E-state index is 12.6. The van der Waals surface area contributed by atoms with Crippen LogP contribution in [0.25, 0.3) is 0 Å². The summed E-state index contributed by atoms with van der Waals surface area (Å²) < 4.78 is 0. The molecule has 2 aliphatic rings. The van der Waals surface area contributed by atoms with Gasteiger partial charge in [-0.15, -0.1) is 0 Å². The number of carbonyl (C=O) groups is 2. The molecule has 0 bridgehead atoms. The number of carboxylic acid groups (broad SMARTS) is 1. The fourth-order valence-corrected chi connectivity index (χ4v) is 3.21. The zero-order chi connectivity index (χ0) is 13.6. The highest BCUT2D eigenvalue weighted by molar-refractivity contribution is 5.92. The minimum Gasteiger partial charge on any atom is -0.480 e. The van der Waals surface area contributed by atoms with E-state index < -0.39 is 11.5 Å². The Morgan fingerprint density at radius 1 is 1.37 bits per heavy atom. The zero-order valence-corrected chi connectivity index (χ0v) is 10.9. The van der Waals surface area contributed by atoms with Crippen LogP contribution in [-0.4, -0.2) is 34.0 Å². The Balaban J connectivity index is 1.85. The van der Waals surface area contributed by atoms with Gasteiger partial charge < -0.3 is 10.0 Å².